The second-order valence-electron chi connectivity index (χ2n) is 3.68. The van der Waals surface area contributed by atoms with E-state index in [2.05, 4.69) is 13.8 Å². The van der Waals surface area contributed by atoms with E-state index in [4.69, 9.17) is 4.74 Å². The van der Waals surface area contributed by atoms with E-state index in [0.29, 0.717) is 11.2 Å². The van der Waals surface area contributed by atoms with Crippen molar-refractivity contribution in [3.05, 3.63) is 0 Å². The minimum absolute atomic E-state index is 0.300. The summed E-state index contributed by atoms with van der Waals surface area (Å²) in [6.07, 6.45) is 3.85. The van der Waals surface area contributed by atoms with E-state index in [0.717, 1.165) is 0 Å². The normalized spacial score (nSPS) is 60.8. The number of ether oxygens (including phenoxy) is 1. The van der Waals surface area contributed by atoms with Crippen molar-refractivity contribution in [3.63, 3.8) is 0 Å². The van der Waals surface area contributed by atoms with Crippen molar-refractivity contribution >= 4 is 0 Å². The molecular formula is C7H12O. The summed E-state index contributed by atoms with van der Waals surface area (Å²) in [4.78, 5) is 0. The molecule has 2 aliphatic heterocycles. The van der Waals surface area contributed by atoms with Crippen LogP contribution >= 0.6 is 0 Å². The van der Waals surface area contributed by atoms with Gasteiger partial charge in [0.25, 0.3) is 0 Å². The smallest absolute Gasteiger partial charge is 0.0690 e. The fourth-order valence-electron chi connectivity index (χ4n) is 2.19. The minimum Gasteiger partial charge on any atom is -0.369 e. The molecule has 2 bridgehead atoms. The number of fused-ring (bicyclic) bond motifs is 1. The molecule has 2 saturated heterocycles. The predicted molar refractivity (Wildman–Crippen MR) is 31.7 cm³/mol. The van der Waals surface area contributed by atoms with Gasteiger partial charge in [-0.05, 0) is 26.7 Å². The minimum atomic E-state index is 0.300. The molecule has 2 heterocycles. The van der Waals surface area contributed by atoms with Gasteiger partial charge in [-0.25, -0.2) is 0 Å². The molecule has 1 nitrogen and oxygen atoms in total. The molecule has 0 aromatic rings. The first-order chi connectivity index (χ1) is 3.62. The van der Waals surface area contributed by atoms with Gasteiger partial charge in [0, 0.05) is 6.42 Å². The Kier molecular flexibility index (Phi) is 0.583. The maximum absolute atomic E-state index is 5.62. The summed E-state index contributed by atoms with van der Waals surface area (Å²) >= 11 is 0. The number of hydrogen-bond donors (Lipinski definition) is 0. The van der Waals surface area contributed by atoms with Crippen LogP contribution in [-0.2, 0) is 4.74 Å². The van der Waals surface area contributed by atoms with Gasteiger partial charge in [0.2, 0.25) is 0 Å². The van der Waals surface area contributed by atoms with Crippen molar-refractivity contribution in [1.29, 1.82) is 0 Å². The lowest BCUT2D eigenvalue weighted by atomic mass is 9.92. The molecular weight excluding hydrogens is 100 g/mol. The van der Waals surface area contributed by atoms with E-state index < -0.39 is 0 Å². The molecule has 3 fully saturated rings. The fraction of sp³-hybridized carbons (Fsp3) is 1.00. The van der Waals surface area contributed by atoms with Gasteiger partial charge < -0.3 is 4.74 Å². The second kappa shape index (κ2) is 0.971. The van der Waals surface area contributed by atoms with E-state index in [1.165, 1.54) is 19.3 Å². The third-order valence-electron chi connectivity index (χ3n) is 2.42. The van der Waals surface area contributed by atoms with E-state index >= 15 is 0 Å². The van der Waals surface area contributed by atoms with Crippen molar-refractivity contribution < 1.29 is 4.74 Å². The van der Waals surface area contributed by atoms with Gasteiger partial charge >= 0.3 is 0 Å². The monoisotopic (exact) mass is 112 g/mol. The molecule has 3 aliphatic rings. The molecule has 1 saturated carbocycles. The highest BCUT2D eigenvalue weighted by atomic mass is 16.6. The highest BCUT2D eigenvalue weighted by Crippen LogP contribution is 2.54. The summed E-state index contributed by atoms with van der Waals surface area (Å²) in [5.74, 6) is 0. The van der Waals surface area contributed by atoms with Crippen molar-refractivity contribution in [1.82, 2.24) is 0 Å². The van der Waals surface area contributed by atoms with Crippen LogP contribution in [0.3, 0.4) is 0 Å². The van der Waals surface area contributed by atoms with Crippen molar-refractivity contribution in [2.45, 2.75) is 44.3 Å². The first-order valence-electron chi connectivity index (χ1n) is 3.32. The molecule has 0 aromatic heterocycles. The molecule has 1 aliphatic carbocycles. The summed E-state index contributed by atoms with van der Waals surface area (Å²) in [6.45, 7) is 4.42. The van der Waals surface area contributed by atoms with Crippen LogP contribution < -0.4 is 0 Å². The molecule has 8 heavy (non-hydrogen) atoms. The van der Waals surface area contributed by atoms with Gasteiger partial charge in [0.05, 0.1) is 11.2 Å². The summed E-state index contributed by atoms with van der Waals surface area (Å²) < 4.78 is 5.62. The van der Waals surface area contributed by atoms with Crippen molar-refractivity contribution in [2.24, 2.45) is 0 Å². The molecule has 2 atom stereocenters. The summed E-state index contributed by atoms with van der Waals surface area (Å²) in [5.41, 5.74) is 0.601. The maximum Gasteiger partial charge on any atom is 0.0690 e. The Balaban J connectivity index is 2.22. The van der Waals surface area contributed by atoms with Crippen LogP contribution in [0.15, 0.2) is 0 Å². The molecule has 0 N–H and O–H groups in total. The Bertz CT molecular complexity index is 108. The zero-order chi connectivity index (χ0) is 5.83. The van der Waals surface area contributed by atoms with Crippen LogP contribution in [0.25, 0.3) is 0 Å². The molecule has 1 heteroatoms. The average molecular weight is 112 g/mol. The SMILES string of the molecule is CC12CCC(C)(C1)O2. The van der Waals surface area contributed by atoms with Gasteiger partial charge in [-0.3, -0.25) is 0 Å². The number of hydrogen-bond acceptors (Lipinski definition) is 1. The molecule has 0 radical (unpaired) electrons. The van der Waals surface area contributed by atoms with Crippen LogP contribution in [0.5, 0.6) is 0 Å². The van der Waals surface area contributed by atoms with Gasteiger partial charge in [0.15, 0.2) is 0 Å². The van der Waals surface area contributed by atoms with Crippen LogP contribution in [0.2, 0.25) is 0 Å². The van der Waals surface area contributed by atoms with Crippen LogP contribution in [0.4, 0.5) is 0 Å². The summed E-state index contributed by atoms with van der Waals surface area (Å²) in [6, 6.07) is 0. The Hall–Kier alpha value is -0.0400. The maximum atomic E-state index is 5.62. The molecule has 0 aromatic carbocycles. The van der Waals surface area contributed by atoms with Crippen molar-refractivity contribution in [2.75, 3.05) is 0 Å². The van der Waals surface area contributed by atoms with E-state index in [9.17, 15) is 0 Å². The van der Waals surface area contributed by atoms with Gasteiger partial charge in [-0.1, -0.05) is 0 Å². The quantitative estimate of drug-likeness (QED) is 0.463. The highest BCUT2D eigenvalue weighted by Gasteiger charge is 2.56. The first kappa shape index (κ1) is 4.80. The molecule has 0 amide bonds. The Labute approximate surface area is 50.0 Å². The Morgan fingerprint density at radius 3 is 1.62 bits per heavy atom. The molecule has 0 spiro atoms. The van der Waals surface area contributed by atoms with Crippen LogP contribution in [-0.4, -0.2) is 11.2 Å². The Morgan fingerprint density at radius 1 is 1.12 bits per heavy atom. The zero-order valence-corrected chi connectivity index (χ0v) is 5.53. The molecule has 2 unspecified atom stereocenters. The lowest BCUT2D eigenvalue weighted by molar-refractivity contribution is -0.200. The van der Waals surface area contributed by atoms with Gasteiger partial charge in [0.1, 0.15) is 0 Å². The highest BCUT2D eigenvalue weighted by molar-refractivity contribution is 5.06. The standard InChI is InChI=1S/C7H12O/c1-6-3-4-7(2,5-6)8-6/h3-5H2,1-2H3. The van der Waals surface area contributed by atoms with Crippen LogP contribution in [0, 0.1) is 0 Å². The first-order valence-corrected chi connectivity index (χ1v) is 3.32. The molecule has 3 rings (SSSR count). The summed E-state index contributed by atoms with van der Waals surface area (Å²) in [5, 5.41) is 0. The molecule has 46 valence electrons. The third kappa shape index (κ3) is 0.408. The second-order valence-corrected chi connectivity index (χ2v) is 3.68. The lowest BCUT2D eigenvalue weighted by Crippen LogP contribution is -2.46. The van der Waals surface area contributed by atoms with Crippen LogP contribution in [0.1, 0.15) is 33.1 Å². The van der Waals surface area contributed by atoms with E-state index in [1.54, 1.807) is 0 Å². The lowest BCUT2D eigenvalue weighted by Gasteiger charge is -2.43. The van der Waals surface area contributed by atoms with Gasteiger partial charge in [-0.2, -0.15) is 0 Å². The van der Waals surface area contributed by atoms with Crippen molar-refractivity contribution in [3.8, 4) is 0 Å². The topological polar surface area (TPSA) is 9.23 Å². The number of rotatable bonds is 0. The van der Waals surface area contributed by atoms with Gasteiger partial charge in [-0.15, -0.1) is 0 Å². The third-order valence-corrected chi connectivity index (χ3v) is 2.42. The van der Waals surface area contributed by atoms with E-state index in [-0.39, 0.29) is 0 Å². The Morgan fingerprint density at radius 2 is 1.50 bits per heavy atom. The zero-order valence-electron chi connectivity index (χ0n) is 5.53. The predicted octanol–water partition coefficient (Wildman–Crippen LogP) is 1.72. The average Bonchev–Trinajstić information content (AvgIpc) is 1.88. The fourth-order valence-corrected chi connectivity index (χ4v) is 2.19. The summed E-state index contributed by atoms with van der Waals surface area (Å²) in [7, 11) is 0. The van der Waals surface area contributed by atoms with E-state index in [1.807, 2.05) is 0 Å². The largest absolute Gasteiger partial charge is 0.369 e.